The molecular formula is C22H23N3O3S. The van der Waals surface area contributed by atoms with Crippen LogP contribution in [0.5, 0.6) is 5.75 Å². The third kappa shape index (κ3) is 5.83. The van der Waals surface area contributed by atoms with E-state index in [1.807, 2.05) is 42.6 Å². The summed E-state index contributed by atoms with van der Waals surface area (Å²) >= 11 is 1.39. The second kappa shape index (κ2) is 9.75. The number of carbonyl (C=O) groups is 2. The highest BCUT2D eigenvalue weighted by Gasteiger charge is 2.13. The average Bonchev–Trinajstić information content (AvgIpc) is 3.26. The predicted octanol–water partition coefficient (Wildman–Crippen LogP) is 4.84. The van der Waals surface area contributed by atoms with Crippen molar-refractivity contribution in [1.29, 1.82) is 0 Å². The van der Waals surface area contributed by atoms with Gasteiger partial charge in [-0.15, -0.1) is 11.3 Å². The topological polar surface area (TPSA) is 79.5 Å². The van der Waals surface area contributed by atoms with Gasteiger partial charge in [0.2, 0.25) is 5.91 Å². The number of amides is 2. The molecule has 1 unspecified atom stereocenters. The quantitative estimate of drug-likeness (QED) is 0.497. The van der Waals surface area contributed by atoms with E-state index in [-0.39, 0.29) is 11.8 Å². The van der Waals surface area contributed by atoms with E-state index in [4.69, 9.17) is 4.74 Å². The molecule has 0 aliphatic heterocycles. The highest BCUT2D eigenvalue weighted by atomic mass is 32.1. The van der Waals surface area contributed by atoms with Gasteiger partial charge in [-0.25, -0.2) is 0 Å². The van der Waals surface area contributed by atoms with Crippen molar-refractivity contribution in [3.8, 4) is 5.75 Å². The van der Waals surface area contributed by atoms with Crippen LogP contribution in [-0.4, -0.2) is 24.5 Å². The van der Waals surface area contributed by atoms with Crippen molar-refractivity contribution in [1.82, 2.24) is 0 Å². The number of anilines is 3. The second-order valence-electron chi connectivity index (χ2n) is 6.32. The molecule has 2 amide bonds. The lowest BCUT2D eigenvalue weighted by atomic mass is 10.2. The second-order valence-corrected chi connectivity index (χ2v) is 7.27. The monoisotopic (exact) mass is 409 g/mol. The largest absolute Gasteiger partial charge is 0.494 e. The molecule has 0 saturated carbocycles. The first kappa shape index (κ1) is 20.4. The van der Waals surface area contributed by atoms with Gasteiger partial charge < -0.3 is 20.7 Å². The number of rotatable bonds is 8. The lowest BCUT2D eigenvalue weighted by molar-refractivity contribution is -0.116. The number of hydrogen-bond acceptors (Lipinski definition) is 5. The highest BCUT2D eigenvalue weighted by Crippen LogP contribution is 2.18. The lowest BCUT2D eigenvalue weighted by Gasteiger charge is -2.16. The summed E-state index contributed by atoms with van der Waals surface area (Å²) in [6.07, 6.45) is 0. The Morgan fingerprint density at radius 1 is 0.931 bits per heavy atom. The van der Waals surface area contributed by atoms with E-state index >= 15 is 0 Å². The first-order valence-electron chi connectivity index (χ1n) is 9.30. The summed E-state index contributed by atoms with van der Waals surface area (Å²) in [5.74, 6) is 0.482. The Bertz CT molecular complexity index is 938. The van der Waals surface area contributed by atoms with Crippen molar-refractivity contribution in [2.45, 2.75) is 19.9 Å². The summed E-state index contributed by atoms with van der Waals surface area (Å²) in [5.41, 5.74) is 2.19. The minimum Gasteiger partial charge on any atom is -0.494 e. The van der Waals surface area contributed by atoms with Gasteiger partial charge in [0.25, 0.3) is 5.91 Å². The zero-order valence-electron chi connectivity index (χ0n) is 16.3. The standard InChI is InChI=1S/C22H23N3O3S/c1-3-28-19-12-10-18(11-13-19)24-21(26)15(2)23-16-6-8-17(9-7-16)25-22(27)20-5-4-14-29-20/h4-15,23H,3H2,1-2H3,(H,24,26)(H,25,27). The molecule has 0 aliphatic rings. The fraction of sp³-hybridized carbons (Fsp3) is 0.182. The highest BCUT2D eigenvalue weighted by molar-refractivity contribution is 7.12. The van der Waals surface area contributed by atoms with Crippen molar-refractivity contribution in [3.63, 3.8) is 0 Å². The van der Waals surface area contributed by atoms with E-state index in [1.54, 1.807) is 37.3 Å². The van der Waals surface area contributed by atoms with Gasteiger partial charge in [0, 0.05) is 17.1 Å². The van der Waals surface area contributed by atoms with Crippen molar-refractivity contribution in [3.05, 3.63) is 70.9 Å². The molecule has 2 aromatic carbocycles. The molecule has 0 spiro atoms. The van der Waals surface area contributed by atoms with E-state index in [2.05, 4.69) is 16.0 Å². The van der Waals surface area contributed by atoms with E-state index in [0.29, 0.717) is 22.9 Å². The third-order valence-corrected chi connectivity index (χ3v) is 4.97. The van der Waals surface area contributed by atoms with Gasteiger partial charge >= 0.3 is 0 Å². The summed E-state index contributed by atoms with van der Waals surface area (Å²) in [5, 5.41) is 10.7. The molecule has 150 valence electrons. The van der Waals surface area contributed by atoms with Gasteiger partial charge in [0.05, 0.1) is 11.5 Å². The number of ether oxygens (including phenoxy) is 1. The summed E-state index contributed by atoms with van der Waals surface area (Å²) in [6, 6.07) is 17.7. The van der Waals surface area contributed by atoms with Crippen LogP contribution in [0.4, 0.5) is 17.1 Å². The SMILES string of the molecule is CCOc1ccc(NC(=O)C(C)Nc2ccc(NC(=O)c3cccs3)cc2)cc1. The Kier molecular flexibility index (Phi) is 6.86. The lowest BCUT2D eigenvalue weighted by Crippen LogP contribution is -2.31. The molecule has 0 bridgehead atoms. The van der Waals surface area contributed by atoms with Crippen LogP contribution >= 0.6 is 11.3 Å². The van der Waals surface area contributed by atoms with Gasteiger partial charge in [0.1, 0.15) is 11.8 Å². The molecule has 3 rings (SSSR count). The predicted molar refractivity (Wildman–Crippen MR) is 118 cm³/mol. The van der Waals surface area contributed by atoms with Crippen LogP contribution in [0.2, 0.25) is 0 Å². The smallest absolute Gasteiger partial charge is 0.265 e. The van der Waals surface area contributed by atoms with Crippen molar-refractivity contribution in [2.75, 3.05) is 22.6 Å². The number of benzene rings is 2. The Balaban J connectivity index is 1.52. The van der Waals surface area contributed by atoms with E-state index in [0.717, 1.165) is 11.4 Å². The van der Waals surface area contributed by atoms with Gasteiger partial charge in [-0.1, -0.05) is 6.07 Å². The Morgan fingerprint density at radius 3 is 2.17 bits per heavy atom. The normalized spacial score (nSPS) is 11.4. The zero-order valence-corrected chi connectivity index (χ0v) is 17.1. The van der Waals surface area contributed by atoms with Crippen molar-refractivity contribution >= 4 is 40.2 Å². The number of thiophene rings is 1. The first-order chi connectivity index (χ1) is 14.0. The maximum absolute atomic E-state index is 12.4. The molecule has 3 aromatic rings. The molecule has 0 aliphatic carbocycles. The molecule has 1 aromatic heterocycles. The summed E-state index contributed by atoms with van der Waals surface area (Å²) in [6.45, 7) is 4.31. The molecule has 0 saturated heterocycles. The first-order valence-corrected chi connectivity index (χ1v) is 10.2. The fourth-order valence-corrected chi connectivity index (χ4v) is 3.24. The molecule has 0 radical (unpaired) electrons. The minimum absolute atomic E-state index is 0.135. The summed E-state index contributed by atoms with van der Waals surface area (Å²) in [7, 11) is 0. The molecule has 3 N–H and O–H groups in total. The van der Waals surface area contributed by atoms with Crippen molar-refractivity contribution in [2.24, 2.45) is 0 Å². The summed E-state index contributed by atoms with van der Waals surface area (Å²) in [4.78, 5) is 25.2. The molecule has 7 heteroatoms. The molecule has 6 nitrogen and oxygen atoms in total. The minimum atomic E-state index is -0.437. The summed E-state index contributed by atoms with van der Waals surface area (Å²) < 4.78 is 5.40. The Morgan fingerprint density at radius 2 is 1.55 bits per heavy atom. The van der Waals surface area contributed by atoms with Crippen LogP contribution in [0.25, 0.3) is 0 Å². The average molecular weight is 410 g/mol. The van der Waals surface area contributed by atoms with Crippen LogP contribution in [0.1, 0.15) is 23.5 Å². The Labute approximate surface area is 173 Å². The number of hydrogen-bond donors (Lipinski definition) is 3. The maximum Gasteiger partial charge on any atom is 0.265 e. The Hall–Kier alpha value is -3.32. The van der Waals surface area contributed by atoms with Gasteiger partial charge in [-0.2, -0.15) is 0 Å². The van der Waals surface area contributed by atoms with Gasteiger partial charge in [0.15, 0.2) is 0 Å². The number of carbonyl (C=O) groups excluding carboxylic acids is 2. The molecular weight excluding hydrogens is 386 g/mol. The van der Waals surface area contributed by atoms with Crippen LogP contribution in [0.15, 0.2) is 66.0 Å². The van der Waals surface area contributed by atoms with Crippen LogP contribution in [0, 0.1) is 0 Å². The van der Waals surface area contributed by atoms with Crippen molar-refractivity contribution < 1.29 is 14.3 Å². The maximum atomic E-state index is 12.4. The zero-order chi connectivity index (χ0) is 20.6. The fourth-order valence-electron chi connectivity index (χ4n) is 2.62. The third-order valence-electron chi connectivity index (χ3n) is 4.10. The molecule has 1 atom stereocenters. The van der Waals surface area contributed by atoms with Crippen LogP contribution < -0.4 is 20.7 Å². The number of nitrogens with one attached hydrogen (secondary N) is 3. The van der Waals surface area contributed by atoms with Crippen LogP contribution in [0.3, 0.4) is 0 Å². The van der Waals surface area contributed by atoms with Crippen LogP contribution in [-0.2, 0) is 4.79 Å². The van der Waals surface area contributed by atoms with E-state index in [9.17, 15) is 9.59 Å². The van der Waals surface area contributed by atoms with E-state index < -0.39 is 6.04 Å². The van der Waals surface area contributed by atoms with Gasteiger partial charge in [-0.3, -0.25) is 9.59 Å². The molecule has 29 heavy (non-hydrogen) atoms. The van der Waals surface area contributed by atoms with E-state index in [1.165, 1.54) is 11.3 Å². The molecule has 0 fully saturated rings. The van der Waals surface area contributed by atoms with Gasteiger partial charge in [-0.05, 0) is 73.8 Å². The molecule has 1 heterocycles.